The van der Waals surface area contributed by atoms with Gasteiger partial charge in [-0.3, -0.25) is 4.90 Å². The Kier molecular flexibility index (Phi) is 6.37. The summed E-state index contributed by atoms with van der Waals surface area (Å²) in [5.41, 5.74) is -1.24. The molecule has 3 rings (SSSR count). The van der Waals surface area contributed by atoms with Crippen molar-refractivity contribution >= 4 is 11.9 Å². The number of carboxylic acids is 2. The van der Waals surface area contributed by atoms with Gasteiger partial charge in [-0.1, -0.05) is 37.3 Å². The molecule has 0 saturated carbocycles. The van der Waals surface area contributed by atoms with Crippen molar-refractivity contribution in [3.05, 3.63) is 53.9 Å². The third kappa shape index (κ3) is 4.19. The molecular formula is C22H26FNO5. The first-order valence-electron chi connectivity index (χ1n) is 9.84. The molecule has 0 spiro atoms. The van der Waals surface area contributed by atoms with E-state index < -0.39 is 23.4 Å². The van der Waals surface area contributed by atoms with Crippen LogP contribution in [0.25, 0.3) is 0 Å². The number of hydrogen-bond acceptors (Lipinski definition) is 4. The molecule has 7 heteroatoms. The predicted molar refractivity (Wildman–Crippen MR) is 105 cm³/mol. The van der Waals surface area contributed by atoms with Crippen molar-refractivity contribution < 1.29 is 28.9 Å². The Morgan fingerprint density at radius 3 is 2.55 bits per heavy atom. The number of ether oxygens (including phenoxy) is 1. The fraction of sp³-hybridized carbons (Fsp3) is 0.455. The van der Waals surface area contributed by atoms with E-state index in [-0.39, 0.29) is 17.1 Å². The number of carbonyl (C=O) groups is 2. The minimum absolute atomic E-state index is 0.107. The first kappa shape index (κ1) is 21.0. The number of benzene rings is 1. The Balaban J connectivity index is 1.59. The Hall–Kier alpha value is -2.67. The van der Waals surface area contributed by atoms with E-state index in [2.05, 4.69) is 0 Å². The summed E-state index contributed by atoms with van der Waals surface area (Å²) < 4.78 is 19.1. The molecule has 0 bridgehead atoms. The molecule has 1 fully saturated rings. The summed E-state index contributed by atoms with van der Waals surface area (Å²) in [4.78, 5) is 25.6. The van der Waals surface area contributed by atoms with Crippen LogP contribution in [0.5, 0.6) is 5.75 Å². The number of nitrogens with zero attached hydrogens (tertiary/aromatic N) is 1. The third-order valence-electron chi connectivity index (χ3n) is 6.10. The van der Waals surface area contributed by atoms with Crippen molar-refractivity contribution in [2.45, 2.75) is 31.7 Å². The maximum atomic E-state index is 13.6. The highest BCUT2D eigenvalue weighted by Crippen LogP contribution is 2.38. The predicted octanol–water partition coefficient (Wildman–Crippen LogP) is 3.35. The van der Waals surface area contributed by atoms with Crippen molar-refractivity contribution in [2.75, 3.05) is 19.7 Å². The Morgan fingerprint density at radius 1 is 1.24 bits per heavy atom. The summed E-state index contributed by atoms with van der Waals surface area (Å²) in [5, 5.41) is 19.4. The topological polar surface area (TPSA) is 87.1 Å². The fourth-order valence-electron chi connectivity index (χ4n) is 4.34. The number of likely N-dealkylation sites (tertiary alicyclic amines) is 1. The normalized spacial score (nSPS) is 25.4. The molecule has 156 valence electrons. The number of allylic oxidation sites excluding steroid dienone is 2. The second-order valence-electron chi connectivity index (χ2n) is 7.64. The Bertz CT molecular complexity index is 828. The second kappa shape index (κ2) is 8.78. The zero-order valence-corrected chi connectivity index (χ0v) is 16.4. The summed E-state index contributed by atoms with van der Waals surface area (Å²) in [6, 6.07) is 6.29. The van der Waals surface area contributed by atoms with E-state index in [9.17, 15) is 24.2 Å². The lowest BCUT2D eigenvalue weighted by molar-refractivity contribution is -0.152. The number of aliphatic carboxylic acids is 2. The van der Waals surface area contributed by atoms with Gasteiger partial charge in [0.25, 0.3) is 0 Å². The van der Waals surface area contributed by atoms with Gasteiger partial charge in [0.05, 0.1) is 6.61 Å². The standard InChI is InChI=1S/C22H26FNO5/c1-15-17(20(25)26)5-4-11-22(15,21(27)28)24-12-8-16(9-13-24)10-14-29-19-7-3-2-6-18(19)23/h2-7,11,15-16H,8-10,12-14H2,1H3,(H,25,26)(H,27,28). The molecule has 0 amide bonds. The Morgan fingerprint density at radius 2 is 1.93 bits per heavy atom. The number of hydrogen-bond donors (Lipinski definition) is 2. The summed E-state index contributed by atoms with van der Waals surface area (Å²) in [7, 11) is 0. The summed E-state index contributed by atoms with van der Waals surface area (Å²) in [6.07, 6.45) is 6.93. The van der Waals surface area contributed by atoms with E-state index in [1.807, 2.05) is 4.90 Å². The third-order valence-corrected chi connectivity index (χ3v) is 6.10. The SMILES string of the molecule is CC1C(C(=O)O)=CC=CC1(C(=O)O)N1CCC(CCOc2ccccc2F)CC1. The molecule has 1 aliphatic carbocycles. The summed E-state index contributed by atoms with van der Waals surface area (Å²) >= 11 is 0. The van der Waals surface area contributed by atoms with Crippen LogP contribution >= 0.6 is 0 Å². The van der Waals surface area contributed by atoms with E-state index >= 15 is 0 Å². The molecule has 0 aromatic heterocycles. The highest BCUT2D eigenvalue weighted by molar-refractivity contribution is 5.92. The van der Waals surface area contributed by atoms with Crippen LogP contribution in [0.1, 0.15) is 26.2 Å². The van der Waals surface area contributed by atoms with E-state index in [0.717, 1.165) is 19.3 Å². The Labute approximate surface area is 169 Å². The number of rotatable bonds is 7. The van der Waals surface area contributed by atoms with Crippen LogP contribution in [0, 0.1) is 17.7 Å². The van der Waals surface area contributed by atoms with Crippen LogP contribution in [0.3, 0.4) is 0 Å². The van der Waals surface area contributed by atoms with Crippen molar-refractivity contribution in [1.29, 1.82) is 0 Å². The van der Waals surface area contributed by atoms with Gasteiger partial charge in [-0.05, 0) is 50.4 Å². The quantitative estimate of drug-likeness (QED) is 0.726. The van der Waals surface area contributed by atoms with Crippen LogP contribution in [-0.4, -0.2) is 52.3 Å². The van der Waals surface area contributed by atoms with Crippen molar-refractivity contribution in [2.24, 2.45) is 11.8 Å². The molecule has 0 radical (unpaired) electrons. The van der Waals surface area contributed by atoms with Gasteiger partial charge < -0.3 is 14.9 Å². The number of halogens is 1. The first-order valence-corrected chi connectivity index (χ1v) is 9.84. The molecule has 29 heavy (non-hydrogen) atoms. The number of carboxylic acid groups (broad SMARTS) is 2. The zero-order valence-electron chi connectivity index (χ0n) is 16.4. The molecule has 1 aromatic rings. The average Bonchev–Trinajstić information content (AvgIpc) is 2.70. The van der Waals surface area contributed by atoms with E-state index in [0.29, 0.717) is 25.6 Å². The fourth-order valence-corrected chi connectivity index (χ4v) is 4.34. The largest absolute Gasteiger partial charge is 0.491 e. The van der Waals surface area contributed by atoms with Gasteiger partial charge in [-0.2, -0.15) is 0 Å². The lowest BCUT2D eigenvalue weighted by Gasteiger charge is -2.47. The minimum atomic E-state index is -1.35. The zero-order chi connectivity index (χ0) is 21.0. The van der Waals surface area contributed by atoms with Gasteiger partial charge in [-0.15, -0.1) is 0 Å². The van der Waals surface area contributed by atoms with Crippen LogP contribution in [0.4, 0.5) is 4.39 Å². The summed E-state index contributed by atoms with van der Waals surface area (Å²) in [6.45, 7) is 3.17. The van der Waals surface area contributed by atoms with Crippen molar-refractivity contribution in [3.8, 4) is 5.75 Å². The van der Waals surface area contributed by atoms with Gasteiger partial charge in [0.2, 0.25) is 0 Å². The number of para-hydroxylation sites is 1. The molecule has 6 nitrogen and oxygen atoms in total. The van der Waals surface area contributed by atoms with Crippen LogP contribution in [0.2, 0.25) is 0 Å². The minimum Gasteiger partial charge on any atom is -0.491 e. The smallest absolute Gasteiger partial charge is 0.331 e. The molecule has 2 aliphatic rings. The van der Waals surface area contributed by atoms with E-state index in [1.165, 1.54) is 18.2 Å². The number of piperidine rings is 1. The van der Waals surface area contributed by atoms with Crippen molar-refractivity contribution in [1.82, 2.24) is 4.90 Å². The highest BCUT2D eigenvalue weighted by Gasteiger charge is 2.50. The molecule has 1 aromatic carbocycles. The lowest BCUT2D eigenvalue weighted by Crippen LogP contribution is -2.61. The monoisotopic (exact) mass is 403 g/mol. The van der Waals surface area contributed by atoms with Crippen LogP contribution in [0.15, 0.2) is 48.1 Å². The molecule has 2 unspecified atom stereocenters. The van der Waals surface area contributed by atoms with Gasteiger partial charge in [0.15, 0.2) is 11.6 Å². The van der Waals surface area contributed by atoms with Crippen LogP contribution in [-0.2, 0) is 9.59 Å². The molecular weight excluding hydrogens is 377 g/mol. The molecule has 1 saturated heterocycles. The first-order chi connectivity index (χ1) is 13.9. The molecule has 2 atom stereocenters. The maximum absolute atomic E-state index is 13.6. The lowest BCUT2D eigenvalue weighted by atomic mass is 9.74. The van der Waals surface area contributed by atoms with Crippen molar-refractivity contribution in [3.63, 3.8) is 0 Å². The average molecular weight is 403 g/mol. The molecule has 2 N–H and O–H groups in total. The van der Waals surface area contributed by atoms with E-state index in [1.54, 1.807) is 31.2 Å². The van der Waals surface area contributed by atoms with Gasteiger partial charge in [0, 0.05) is 11.5 Å². The van der Waals surface area contributed by atoms with Crippen LogP contribution < -0.4 is 4.74 Å². The maximum Gasteiger partial charge on any atom is 0.331 e. The van der Waals surface area contributed by atoms with Gasteiger partial charge >= 0.3 is 11.9 Å². The summed E-state index contributed by atoms with van der Waals surface area (Å²) in [5.74, 6) is -2.58. The van der Waals surface area contributed by atoms with Gasteiger partial charge in [-0.25, -0.2) is 14.0 Å². The second-order valence-corrected chi connectivity index (χ2v) is 7.64. The molecule has 1 heterocycles. The van der Waals surface area contributed by atoms with E-state index in [4.69, 9.17) is 4.74 Å². The van der Waals surface area contributed by atoms with Gasteiger partial charge in [0.1, 0.15) is 5.54 Å². The molecule has 1 aliphatic heterocycles. The highest BCUT2D eigenvalue weighted by atomic mass is 19.1.